The maximum Gasteiger partial charge on any atom is 0.240 e. The Kier molecular flexibility index (Phi) is 6.70. The molecular formula is C14H21FN2O2S2. The minimum Gasteiger partial charge on any atom is -0.389 e. The molecule has 1 rings (SSSR count). The summed E-state index contributed by atoms with van der Waals surface area (Å²) >= 11 is 4.71. The van der Waals surface area contributed by atoms with Crippen molar-refractivity contribution in [2.24, 2.45) is 5.73 Å². The minimum atomic E-state index is -3.70. The second-order valence-corrected chi connectivity index (χ2v) is 7.18. The van der Waals surface area contributed by atoms with Gasteiger partial charge in [-0.1, -0.05) is 38.4 Å². The molecule has 0 saturated heterocycles. The van der Waals surface area contributed by atoms with Crippen molar-refractivity contribution in [1.82, 2.24) is 4.72 Å². The van der Waals surface area contributed by atoms with E-state index >= 15 is 0 Å². The number of unbranched alkanes of at least 4 members (excludes halogenated alkanes) is 2. The first-order chi connectivity index (χ1) is 9.77. The second-order valence-electron chi connectivity index (χ2n) is 5.02. The SMILES string of the molecule is CCCCCC(C)NS(=O)(=O)c1ccc(F)c(C(N)=S)c1. The molecule has 0 aliphatic carbocycles. The van der Waals surface area contributed by atoms with Gasteiger partial charge in [-0.25, -0.2) is 17.5 Å². The molecule has 1 atom stereocenters. The van der Waals surface area contributed by atoms with E-state index in [9.17, 15) is 12.8 Å². The van der Waals surface area contributed by atoms with E-state index in [0.717, 1.165) is 31.7 Å². The Morgan fingerprint density at radius 3 is 2.67 bits per heavy atom. The lowest BCUT2D eigenvalue weighted by atomic mass is 10.1. The summed E-state index contributed by atoms with van der Waals surface area (Å²) < 4.78 is 40.6. The first kappa shape index (κ1) is 18.0. The Morgan fingerprint density at radius 2 is 2.10 bits per heavy atom. The monoisotopic (exact) mass is 332 g/mol. The Labute approximate surface area is 131 Å². The smallest absolute Gasteiger partial charge is 0.240 e. The molecule has 1 aromatic carbocycles. The van der Waals surface area contributed by atoms with Crippen molar-refractivity contribution in [2.75, 3.05) is 0 Å². The van der Waals surface area contributed by atoms with Crippen LogP contribution in [0.15, 0.2) is 23.1 Å². The Morgan fingerprint density at radius 1 is 1.43 bits per heavy atom. The highest BCUT2D eigenvalue weighted by molar-refractivity contribution is 7.89. The predicted octanol–water partition coefficient (Wildman–Crippen LogP) is 2.71. The van der Waals surface area contributed by atoms with Crippen LogP contribution in [-0.2, 0) is 10.0 Å². The molecule has 0 spiro atoms. The van der Waals surface area contributed by atoms with Crippen molar-refractivity contribution >= 4 is 27.2 Å². The van der Waals surface area contributed by atoms with Gasteiger partial charge in [0.25, 0.3) is 0 Å². The van der Waals surface area contributed by atoms with Crippen LogP contribution in [0, 0.1) is 5.82 Å². The fourth-order valence-electron chi connectivity index (χ4n) is 1.95. The average molecular weight is 332 g/mol. The number of halogens is 1. The zero-order chi connectivity index (χ0) is 16.0. The fraction of sp³-hybridized carbons (Fsp3) is 0.500. The minimum absolute atomic E-state index is 0.0333. The molecule has 1 unspecified atom stereocenters. The molecule has 4 nitrogen and oxygen atoms in total. The molecule has 0 aliphatic heterocycles. The third kappa shape index (κ3) is 5.33. The van der Waals surface area contributed by atoms with Gasteiger partial charge in [0.1, 0.15) is 10.8 Å². The van der Waals surface area contributed by atoms with Crippen molar-refractivity contribution in [2.45, 2.75) is 50.5 Å². The van der Waals surface area contributed by atoms with Crippen LogP contribution in [0.1, 0.15) is 45.1 Å². The van der Waals surface area contributed by atoms with E-state index in [2.05, 4.69) is 11.6 Å². The maximum absolute atomic E-state index is 13.5. The summed E-state index contributed by atoms with van der Waals surface area (Å²) in [5, 5.41) is 0. The molecule has 21 heavy (non-hydrogen) atoms. The molecule has 3 N–H and O–H groups in total. The zero-order valence-electron chi connectivity index (χ0n) is 12.2. The first-order valence-corrected chi connectivity index (χ1v) is 8.78. The van der Waals surface area contributed by atoms with Crippen LogP contribution >= 0.6 is 12.2 Å². The Bertz CT molecular complexity index is 603. The highest BCUT2D eigenvalue weighted by Gasteiger charge is 2.19. The molecule has 0 amide bonds. The van der Waals surface area contributed by atoms with Crippen LogP contribution in [0.5, 0.6) is 0 Å². The van der Waals surface area contributed by atoms with Gasteiger partial charge < -0.3 is 5.73 Å². The molecule has 0 fully saturated rings. The molecule has 0 radical (unpaired) electrons. The lowest BCUT2D eigenvalue weighted by molar-refractivity contribution is 0.527. The number of sulfonamides is 1. The van der Waals surface area contributed by atoms with E-state index in [-0.39, 0.29) is 21.5 Å². The highest BCUT2D eigenvalue weighted by Crippen LogP contribution is 2.16. The molecule has 118 valence electrons. The summed E-state index contributed by atoms with van der Waals surface area (Å²) in [5.74, 6) is -0.627. The van der Waals surface area contributed by atoms with Crippen LogP contribution in [-0.4, -0.2) is 19.4 Å². The lowest BCUT2D eigenvalue weighted by Gasteiger charge is -2.14. The van der Waals surface area contributed by atoms with E-state index in [1.165, 1.54) is 12.1 Å². The second kappa shape index (κ2) is 7.82. The molecule has 7 heteroatoms. The first-order valence-electron chi connectivity index (χ1n) is 6.89. The van der Waals surface area contributed by atoms with Crippen molar-refractivity contribution in [3.8, 4) is 0 Å². The highest BCUT2D eigenvalue weighted by atomic mass is 32.2. The van der Waals surface area contributed by atoms with Crippen LogP contribution in [0.2, 0.25) is 0 Å². The number of benzene rings is 1. The van der Waals surface area contributed by atoms with Crippen molar-refractivity contribution in [3.05, 3.63) is 29.6 Å². The fourth-order valence-corrected chi connectivity index (χ4v) is 3.41. The molecule has 0 bridgehead atoms. The molecular weight excluding hydrogens is 311 g/mol. The van der Waals surface area contributed by atoms with E-state index in [4.69, 9.17) is 18.0 Å². The number of rotatable bonds is 8. The molecule has 0 aromatic heterocycles. The van der Waals surface area contributed by atoms with Crippen molar-refractivity contribution in [1.29, 1.82) is 0 Å². The van der Waals surface area contributed by atoms with Gasteiger partial charge in [-0.05, 0) is 31.5 Å². The van der Waals surface area contributed by atoms with E-state index in [1.54, 1.807) is 0 Å². The van der Waals surface area contributed by atoms with Gasteiger partial charge >= 0.3 is 0 Å². The summed E-state index contributed by atoms with van der Waals surface area (Å²) in [5.41, 5.74) is 5.32. The largest absolute Gasteiger partial charge is 0.389 e. The van der Waals surface area contributed by atoms with Crippen LogP contribution in [0.25, 0.3) is 0 Å². The third-order valence-electron chi connectivity index (χ3n) is 3.11. The molecule has 0 aliphatic rings. The average Bonchev–Trinajstić information content (AvgIpc) is 2.38. The van der Waals surface area contributed by atoms with Gasteiger partial charge in [0.05, 0.1) is 4.90 Å². The van der Waals surface area contributed by atoms with Gasteiger partial charge in [-0.3, -0.25) is 0 Å². The zero-order valence-corrected chi connectivity index (χ0v) is 13.9. The van der Waals surface area contributed by atoms with Crippen molar-refractivity contribution in [3.63, 3.8) is 0 Å². The molecule has 0 heterocycles. The third-order valence-corrected chi connectivity index (χ3v) is 4.92. The van der Waals surface area contributed by atoms with Gasteiger partial charge in [-0.15, -0.1) is 0 Å². The number of hydrogen-bond acceptors (Lipinski definition) is 3. The van der Waals surface area contributed by atoms with Crippen LogP contribution < -0.4 is 10.5 Å². The Balaban J connectivity index is 2.88. The van der Waals surface area contributed by atoms with Crippen LogP contribution in [0.3, 0.4) is 0 Å². The summed E-state index contributed by atoms with van der Waals surface area (Å²) in [4.78, 5) is -0.199. The van der Waals surface area contributed by atoms with E-state index in [1.807, 2.05) is 6.92 Å². The summed E-state index contributed by atoms with van der Waals surface area (Å²) in [6, 6.07) is 3.25. The van der Waals surface area contributed by atoms with Gasteiger partial charge in [0, 0.05) is 11.6 Å². The maximum atomic E-state index is 13.5. The van der Waals surface area contributed by atoms with E-state index < -0.39 is 15.8 Å². The quantitative estimate of drug-likeness (QED) is 0.567. The number of hydrogen-bond donors (Lipinski definition) is 2. The number of nitrogens with two attached hydrogens (primary N) is 1. The molecule has 1 aromatic rings. The number of nitrogens with one attached hydrogen (secondary N) is 1. The Hall–Kier alpha value is -1.05. The lowest BCUT2D eigenvalue weighted by Crippen LogP contribution is -2.32. The van der Waals surface area contributed by atoms with Gasteiger partial charge in [0.2, 0.25) is 10.0 Å². The summed E-state index contributed by atoms with van der Waals surface area (Å²) in [7, 11) is -3.70. The van der Waals surface area contributed by atoms with Crippen molar-refractivity contribution < 1.29 is 12.8 Å². The van der Waals surface area contributed by atoms with Gasteiger partial charge in [-0.2, -0.15) is 0 Å². The van der Waals surface area contributed by atoms with Crippen LogP contribution in [0.4, 0.5) is 4.39 Å². The number of thiocarbonyl (C=S) groups is 1. The van der Waals surface area contributed by atoms with Gasteiger partial charge in [0.15, 0.2) is 0 Å². The summed E-state index contributed by atoms with van der Waals surface area (Å²) in [6.45, 7) is 3.90. The topological polar surface area (TPSA) is 72.2 Å². The summed E-state index contributed by atoms with van der Waals surface area (Å²) in [6.07, 6.45) is 3.86. The molecule has 0 saturated carbocycles. The van der Waals surface area contributed by atoms with E-state index in [0.29, 0.717) is 0 Å². The predicted molar refractivity (Wildman–Crippen MR) is 86.2 cm³/mol. The normalized spacial score (nSPS) is 13.1. The standard InChI is InChI=1S/C14H21FN2O2S2/c1-3-4-5-6-10(2)17-21(18,19)11-7-8-13(15)12(9-11)14(16)20/h7-10,17H,3-6H2,1-2H3,(H2,16,20).